The number of hydrogen-bond acceptors (Lipinski definition) is 4. The molecule has 1 aromatic rings. The van der Waals surface area contributed by atoms with Gasteiger partial charge >= 0.3 is 5.97 Å². The predicted molar refractivity (Wildman–Crippen MR) is 95.1 cm³/mol. The Balaban J connectivity index is 2.36. The van der Waals surface area contributed by atoms with E-state index in [4.69, 9.17) is 10.00 Å². The number of likely N-dealkylation sites (tertiary alicyclic amines) is 1. The number of likely N-dealkylation sites (N-methyl/N-ethyl adjacent to an activating group) is 1. The second kappa shape index (κ2) is 7.66. The van der Waals surface area contributed by atoms with Gasteiger partial charge in [0.25, 0.3) is 5.91 Å². The van der Waals surface area contributed by atoms with Crippen LogP contribution in [0.2, 0.25) is 0 Å². The first-order valence-corrected chi connectivity index (χ1v) is 8.64. The van der Waals surface area contributed by atoms with Gasteiger partial charge in [0.1, 0.15) is 0 Å². The first-order valence-electron chi connectivity index (χ1n) is 8.64. The Bertz CT molecular complexity index is 715. The van der Waals surface area contributed by atoms with E-state index in [2.05, 4.69) is 12.4 Å². The predicted octanol–water partition coefficient (Wildman–Crippen LogP) is 2.61. The molecule has 1 saturated heterocycles. The lowest BCUT2D eigenvalue weighted by Crippen LogP contribution is -2.55. The average molecular weight is 344 g/mol. The summed E-state index contributed by atoms with van der Waals surface area (Å²) in [6.07, 6.45) is 2.98. The molecule has 1 heterocycles. The number of nitriles is 1. The zero-order chi connectivity index (χ0) is 18.6. The Labute approximate surface area is 149 Å². The van der Waals surface area contributed by atoms with Gasteiger partial charge in [0.05, 0.1) is 50.1 Å². The SMILES string of the molecule is CCC(C(=O)Nc1c(C)cc(C#N)cc1C(=O)OC)[N+]1(C)CCCC1. The van der Waals surface area contributed by atoms with Gasteiger partial charge in [0, 0.05) is 19.3 Å². The fourth-order valence-electron chi connectivity index (χ4n) is 3.77. The van der Waals surface area contributed by atoms with E-state index in [0.29, 0.717) is 16.8 Å². The largest absolute Gasteiger partial charge is 0.465 e. The van der Waals surface area contributed by atoms with Gasteiger partial charge in [-0.25, -0.2) is 4.79 Å². The number of methoxy groups -OCH3 is 1. The Hall–Kier alpha value is -2.39. The third-order valence-corrected chi connectivity index (χ3v) is 5.15. The number of benzene rings is 1. The Morgan fingerprint density at radius 2 is 2.00 bits per heavy atom. The van der Waals surface area contributed by atoms with Crippen molar-refractivity contribution >= 4 is 17.6 Å². The molecule has 6 heteroatoms. The number of ether oxygens (including phenoxy) is 1. The number of carbonyl (C=O) groups excluding carboxylic acids is 2. The summed E-state index contributed by atoms with van der Waals surface area (Å²) < 4.78 is 5.54. The molecule has 2 rings (SSSR count). The van der Waals surface area contributed by atoms with E-state index in [1.807, 2.05) is 13.0 Å². The summed E-state index contributed by atoms with van der Waals surface area (Å²) in [5.74, 6) is -0.657. The average Bonchev–Trinajstić information content (AvgIpc) is 3.03. The quantitative estimate of drug-likeness (QED) is 0.658. The van der Waals surface area contributed by atoms with E-state index in [0.717, 1.165) is 36.8 Å². The van der Waals surface area contributed by atoms with Crippen LogP contribution in [-0.4, -0.2) is 49.6 Å². The number of aryl methyl sites for hydroxylation is 1. The Kier molecular flexibility index (Phi) is 5.81. The maximum Gasteiger partial charge on any atom is 0.340 e. The van der Waals surface area contributed by atoms with E-state index in [9.17, 15) is 9.59 Å². The molecule has 1 aliphatic heterocycles. The van der Waals surface area contributed by atoms with Crippen molar-refractivity contribution in [2.75, 3.05) is 32.6 Å². The number of anilines is 1. The minimum Gasteiger partial charge on any atom is -0.465 e. The van der Waals surface area contributed by atoms with E-state index >= 15 is 0 Å². The molecule has 6 nitrogen and oxygen atoms in total. The van der Waals surface area contributed by atoms with Crippen molar-refractivity contribution in [3.63, 3.8) is 0 Å². The van der Waals surface area contributed by atoms with Gasteiger partial charge < -0.3 is 14.5 Å². The van der Waals surface area contributed by atoms with E-state index in [-0.39, 0.29) is 17.5 Å². The number of quaternary nitrogens is 1. The van der Waals surface area contributed by atoms with Gasteiger partial charge in [-0.3, -0.25) is 4.79 Å². The lowest BCUT2D eigenvalue weighted by molar-refractivity contribution is -0.913. The molecule has 0 saturated carbocycles. The number of carbonyl (C=O) groups is 2. The highest BCUT2D eigenvalue weighted by Crippen LogP contribution is 2.27. The first-order chi connectivity index (χ1) is 11.9. The van der Waals surface area contributed by atoms with Crippen LogP contribution in [0.4, 0.5) is 5.69 Å². The van der Waals surface area contributed by atoms with Gasteiger partial charge in [-0.2, -0.15) is 5.26 Å². The zero-order valence-corrected chi connectivity index (χ0v) is 15.4. The third-order valence-electron chi connectivity index (χ3n) is 5.15. The van der Waals surface area contributed by atoms with Crippen molar-refractivity contribution in [3.8, 4) is 6.07 Å². The molecule has 1 atom stereocenters. The lowest BCUT2D eigenvalue weighted by atomic mass is 10.0. The van der Waals surface area contributed by atoms with Crippen LogP contribution in [0.25, 0.3) is 0 Å². The number of amides is 1. The lowest BCUT2D eigenvalue weighted by Gasteiger charge is -2.36. The van der Waals surface area contributed by atoms with Crippen molar-refractivity contribution in [3.05, 3.63) is 28.8 Å². The van der Waals surface area contributed by atoms with Crippen LogP contribution in [0.15, 0.2) is 12.1 Å². The van der Waals surface area contributed by atoms with Crippen LogP contribution in [0.1, 0.15) is 47.7 Å². The summed E-state index contributed by atoms with van der Waals surface area (Å²) in [6.45, 7) is 5.76. The second-order valence-corrected chi connectivity index (χ2v) is 6.87. The van der Waals surface area contributed by atoms with Crippen LogP contribution in [0.5, 0.6) is 0 Å². The molecule has 1 unspecified atom stereocenters. The van der Waals surface area contributed by atoms with Crippen LogP contribution < -0.4 is 5.32 Å². The maximum atomic E-state index is 13.0. The van der Waals surface area contributed by atoms with Crippen LogP contribution in [0.3, 0.4) is 0 Å². The number of rotatable bonds is 5. The van der Waals surface area contributed by atoms with Crippen molar-refractivity contribution in [2.24, 2.45) is 0 Å². The van der Waals surface area contributed by atoms with Gasteiger partial charge in [-0.1, -0.05) is 6.92 Å². The molecule has 0 radical (unpaired) electrons. The molecule has 0 aliphatic carbocycles. The molecule has 1 fully saturated rings. The highest BCUT2D eigenvalue weighted by molar-refractivity contribution is 6.03. The van der Waals surface area contributed by atoms with Crippen molar-refractivity contribution in [1.29, 1.82) is 5.26 Å². The monoisotopic (exact) mass is 344 g/mol. The van der Waals surface area contributed by atoms with Gasteiger partial charge in [0.15, 0.2) is 6.04 Å². The standard InChI is InChI=1S/C19H25N3O3/c1-5-16(22(3)8-6-7-9-22)18(23)21-17-13(2)10-14(12-20)11-15(17)19(24)25-4/h10-11,16H,5-9H2,1-4H3/p+1. The number of esters is 1. The summed E-state index contributed by atoms with van der Waals surface area (Å²) in [6, 6.07) is 4.99. The molecular weight excluding hydrogens is 318 g/mol. The summed E-state index contributed by atoms with van der Waals surface area (Å²) >= 11 is 0. The zero-order valence-electron chi connectivity index (χ0n) is 15.4. The fourth-order valence-corrected chi connectivity index (χ4v) is 3.77. The van der Waals surface area contributed by atoms with Crippen LogP contribution >= 0.6 is 0 Å². The van der Waals surface area contributed by atoms with E-state index < -0.39 is 5.97 Å². The highest BCUT2D eigenvalue weighted by atomic mass is 16.5. The van der Waals surface area contributed by atoms with E-state index in [1.165, 1.54) is 13.2 Å². The van der Waals surface area contributed by atoms with E-state index in [1.54, 1.807) is 13.0 Å². The molecule has 1 amide bonds. The van der Waals surface area contributed by atoms with Gasteiger partial charge in [-0.15, -0.1) is 0 Å². The number of nitrogens with zero attached hydrogens (tertiary/aromatic N) is 2. The number of hydrogen-bond donors (Lipinski definition) is 1. The first kappa shape index (κ1) is 18.9. The third kappa shape index (κ3) is 3.83. The molecule has 0 aromatic heterocycles. The van der Waals surface area contributed by atoms with Gasteiger partial charge in [0.2, 0.25) is 0 Å². The summed E-state index contributed by atoms with van der Waals surface area (Å²) in [5, 5.41) is 12.1. The summed E-state index contributed by atoms with van der Waals surface area (Å²) in [5.41, 5.74) is 1.68. The van der Waals surface area contributed by atoms with Crippen LogP contribution in [-0.2, 0) is 9.53 Å². The van der Waals surface area contributed by atoms with Crippen LogP contribution in [0, 0.1) is 18.3 Å². The van der Waals surface area contributed by atoms with Crippen molar-refractivity contribution in [2.45, 2.75) is 39.2 Å². The maximum absolute atomic E-state index is 13.0. The second-order valence-electron chi connectivity index (χ2n) is 6.87. The molecule has 0 spiro atoms. The molecule has 25 heavy (non-hydrogen) atoms. The fraction of sp³-hybridized carbons (Fsp3) is 0.526. The molecule has 134 valence electrons. The minimum atomic E-state index is -0.565. The van der Waals surface area contributed by atoms with Crippen molar-refractivity contribution in [1.82, 2.24) is 0 Å². The molecule has 1 N–H and O–H groups in total. The Morgan fingerprint density at radius 3 is 2.52 bits per heavy atom. The molecular formula is C19H26N3O3+. The molecule has 0 bridgehead atoms. The summed E-state index contributed by atoms with van der Waals surface area (Å²) in [4.78, 5) is 25.1. The Morgan fingerprint density at radius 1 is 1.36 bits per heavy atom. The normalized spacial score (nSPS) is 16.8. The molecule has 1 aromatic carbocycles. The molecule has 1 aliphatic rings. The smallest absolute Gasteiger partial charge is 0.340 e. The number of nitrogens with one attached hydrogen (secondary N) is 1. The van der Waals surface area contributed by atoms with Gasteiger partial charge in [-0.05, 0) is 24.6 Å². The minimum absolute atomic E-state index is 0.0927. The summed E-state index contributed by atoms with van der Waals surface area (Å²) in [7, 11) is 3.40. The van der Waals surface area contributed by atoms with Crippen molar-refractivity contribution < 1.29 is 18.8 Å². The highest BCUT2D eigenvalue weighted by Gasteiger charge is 2.39. The topological polar surface area (TPSA) is 79.2 Å².